The molecule has 39 heavy (non-hydrogen) atoms. The average molecular weight is 537 g/mol. The monoisotopic (exact) mass is 536 g/mol. The number of benzene rings is 2. The molecule has 7 heteroatoms. The summed E-state index contributed by atoms with van der Waals surface area (Å²) in [6.45, 7) is 18.2. The maximum absolute atomic E-state index is 11.9. The Bertz CT molecular complexity index is 1180. The topological polar surface area (TPSA) is 78.4 Å². The van der Waals surface area contributed by atoms with E-state index in [2.05, 4.69) is 77.0 Å². The lowest BCUT2D eigenvalue weighted by atomic mass is 9.76. The predicted molar refractivity (Wildman–Crippen MR) is 156 cm³/mol. The second-order valence-electron chi connectivity index (χ2n) is 11.0. The lowest BCUT2D eigenvalue weighted by Crippen LogP contribution is -2.26. The molecule has 0 saturated carbocycles. The van der Waals surface area contributed by atoms with Crippen molar-refractivity contribution in [2.45, 2.75) is 91.8 Å². The van der Waals surface area contributed by atoms with Crippen LogP contribution in [0.2, 0.25) is 0 Å². The third-order valence-electron chi connectivity index (χ3n) is 7.51. The van der Waals surface area contributed by atoms with Crippen molar-refractivity contribution in [1.82, 2.24) is 0 Å². The highest BCUT2D eigenvalue weighted by Crippen LogP contribution is 2.39. The molecule has 0 saturated heterocycles. The molecule has 1 heterocycles. The summed E-state index contributed by atoms with van der Waals surface area (Å²) >= 11 is 0. The number of nitrogens with one attached hydrogen (secondary N) is 1. The third-order valence-corrected chi connectivity index (χ3v) is 7.51. The summed E-state index contributed by atoms with van der Waals surface area (Å²) in [7, 11) is 0. The van der Waals surface area contributed by atoms with Gasteiger partial charge in [-0.3, -0.25) is 0 Å². The van der Waals surface area contributed by atoms with E-state index in [4.69, 9.17) is 18.9 Å². The summed E-state index contributed by atoms with van der Waals surface area (Å²) in [5.41, 5.74) is 4.34. The van der Waals surface area contributed by atoms with Gasteiger partial charge in [-0.25, -0.2) is 9.79 Å². The summed E-state index contributed by atoms with van der Waals surface area (Å²) in [5.74, 6) is 0.611. The Kier molecular flexibility index (Phi) is 10.2. The SMILES string of the molecule is CCOC=C1N=C(c2ccc(NCOC(CC)Oc3ccc(C(C)(C)CC)cc3C(C)(C)CC)cc2)OC1=O. The number of carbonyl (C=O) groups is 1. The van der Waals surface area contributed by atoms with Gasteiger partial charge in [0.1, 0.15) is 18.7 Å². The molecule has 1 unspecified atom stereocenters. The van der Waals surface area contributed by atoms with Crippen LogP contribution in [0.1, 0.15) is 91.3 Å². The van der Waals surface area contributed by atoms with Crippen molar-refractivity contribution in [1.29, 1.82) is 0 Å². The highest BCUT2D eigenvalue weighted by molar-refractivity contribution is 6.11. The lowest BCUT2D eigenvalue weighted by molar-refractivity contribution is -0.130. The van der Waals surface area contributed by atoms with Crippen LogP contribution in [0.3, 0.4) is 0 Å². The molecule has 1 aliphatic rings. The van der Waals surface area contributed by atoms with Crippen molar-refractivity contribution in [2.24, 2.45) is 4.99 Å². The van der Waals surface area contributed by atoms with E-state index >= 15 is 0 Å². The first-order chi connectivity index (χ1) is 18.5. The molecule has 2 aromatic carbocycles. The van der Waals surface area contributed by atoms with E-state index < -0.39 is 12.3 Å². The summed E-state index contributed by atoms with van der Waals surface area (Å²) in [6, 6.07) is 14.0. The zero-order chi connectivity index (χ0) is 28.6. The van der Waals surface area contributed by atoms with E-state index in [-0.39, 0.29) is 29.2 Å². The molecule has 2 aromatic rings. The quantitative estimate of drug-likeness (QED) is 0.117. The largest absolute Gasteiger partial charge is 0.499 e. The van der Waals surface area contributed by atoms with Gasteiger partial charge in [0.2, 0.25) is 12.2 Å². The van der Waals surface area contributed by atoms with Gasteiger partial charge in [-0.1, -0.05) is 60.6 Å². The van der Waals surface area contributed by atoms with E-state index in [0.717, 1.165) is 24.3 Å². The molecule has 1 atom stereocenters. The first-order valence-electron chi connectivity index (χ1n) is 13.9. The zero-order valence-corrected chi connectivity index (χ0v) is 24.7. The van der Waals surface area contributed by atoms with Crippen molar-refractivity contribution in [3.63, 3.8) is 0 Å². The number of cyclic esters (lactones) is 1. The van der Waals surface area contributed by atoms with E-state index in [1.807, 2.05) is 31.2 Å². The van der Waals surface area contributed by atoms with Crippen LogP contribution in [0.5, 0.6) is 5.75 Å². The molecule has 3 rings (SSSR count). The van der Waals surface area contributed by atoms with Crippen LogP contribution in [0, 0.1) is 0 Å². The molecular weight excluding hydrogens is 492 g/mol. The number of esters is 1. The van der Waals surface area contributed by atoms with E-state index in [1.54, 1.807) is 0 Å². The van der Waals surface area contributed by atoms with Crippen LogP contribution in [0.4, 0.5) is 5.69 Å². The van der Waals surface area contributed by atoms with Gasteiger partial charge in [0.15, 0.2) is 5.70 Å². The zero-order valence-electron chi connectivity index (χ0n) is 24.7. The number of aliphatic imine (C=N–C) groups is 1. The standard InChI is InChI=1S/C32H44N2O5/c1-9-28(38-27-18-15-23(31(5,6)10-2)19-25(27)32(7,8)11-3)37-21-33-24-16-13-22(14-17-24)29-34-26(20-36-12-4)30(35)39-29/h13-20,28,33H,9-12,21H2,1-8H3. The van der Waals surface area contributed by atoms with Gasteiger partial charge in [-0.15, -0.1) is 0 Å². The first-order valence-corrected chi connectivity index (χ1v) is 13.9. The maximum Gasteiger partial charge on any atom is 0.367 e. The molecule has 1 N–H and O–H groups in total. The molecule has 0 amide bonds. The molecule has 0 spiro atoms. The second kappa shape index (κ2) is 13.2. The van der Waals surface area contributed by atoms with Gasteiger partial charge >= 0.3 is 5.97 Å². The van der Waals surface area contributed by atoms with E-state index in [0.29, 0.717) is 18.6 Å². The Morgan fingerprint density at radius 1 is 0.974 bits per heavy atom. The normalized spacial score (nSPS) is 15.6. The minimum absolute atomic E-state index is 0.0228. The van der Waals surface area contributed by atoms with Crippen molar-refractivity contribution in [3.8, 4) is 5.75 Å². The minimum atomic E-state index is -0.520. The number of rotatable bonds is 14. The molecule has 0 radical (unpaired) electrons. The van der Waals surface area contributed by atoms with E-state index in [9.17, 15) is 4.79 Å². The molecule has 0 aliphatic carbocycles. The van der Waals surface area contributed by atoms with Gasteiger partial charge in [0, 0.05) is 23.2 Å². The molecule has 212 valence electrons. The average Bonchev–Trinajstić information content (AvgIpc) is 3.31. The highest BCUT2D eigenvalue weighted by atomic mass is 16.7. The Labute approximate surface area is 233 Å². The van der Waals surface area contributed by atoms with Crippen LogP contribution >= 0.6 is 0 Å². The molecule has 7 nitrogen and oxygen atoms in total. The fraction of sp³-hybridized carbons (Fsp3) is 0.500. The van der Waals surface area contributed by atoms with Gasteiger partial charge in [0.05, 0.1) is 6.61 Å². The maximum atomic E-state index is 11.9. The van der Waals surface area contributed by atoms with Gasteiger partial charge in [0.25, 0.3) is 0 Å². The van der Waals surface area contributed by atoms with Crippen LogP contribution in [-0.2, 0) is 29.8 Å². The Hall–Kier alpha value is -3.32. The van der Waals surface area contributed by atoms with Gasteiger partial charge in [-0.2, -0.15) is 0 Å². The van der Waals surface area contributed by atoms with E-state index in [1.165, 1.54) is 17.4 Å². The Balaban J connectivity index is 1.64. The number of carbonyl (C=O) groups excluding carboxylic acids is 1. The number of anilines is 1. The summed E-state index contributed by atoms with van der Waals surface area (Å²) in [6.07, 6.45) is 3.71. The molecule has 1 aliphatic heterocycles. The van der Waals surface area contributed by atoms with Crippen molar-refractivity contribution in [3.05, 3.63) is 71.1 Å². The summed E-state index contributed by atoms with van der Waals surface area (Å²) in [5, 5.41) is 3.27. The summed E-state index contributed by atoms with van der Waals surface area (Å²) in [4.78, 5) is 16.2. The first kappa shape index (κ1) is 30.2. The fourth-order valence-corrected chi connectivity index (χ4v) is 3.98. The van der Waals surface area contributed by atoms with Crippen LogP contribution < -0.4 is 10.1 Å². The Morgan fingerprint density at radius 2 is 1.67 bits per heavy atom. The van der Waals surface area contributed by atoms with Gasteiger partial charge in [-0.05, 0) is 66.5 Å². The van der Waals surface area contributed by atoms with Crippen LogP contribution in [0.15, 0.2) is 59.4 Å². The Morgan fingerprint density at radius 3 is 2.28 bits per heavy atom. The van der Waals surface area contributed by atoms with Crippen LogP contribution in [-0.4, -0.2) is 31.5 Å². The van der Waals surface area contributed by atoms with Gasteiger partial charge < -0.3 is 24.3 Å². The minimum Gasteiger partial charge on any atom is -0.499 e. The van der Waals surface area contributed by atoms with Crippen molar-refractivity contribution < 1.29 is 23.7 Å². The number of hydrogen-bond donors (Lipinski definition) is 1. The predicted octanol–water partition coefficient (Wildman–Crippen LogP) is 7.44. The van der Waals surface area contributed by atoms with Crippen molar-refractivity contribution >= 4 is 17.6 Å². The smallest absolute Gasteiger partial charge is 0.367 e. The molecule has 0 bridgehead atoms. The lowest BCUT2D eigenvalue weighted by Gasteiger charge is -2.31. The molecule has 0 aromatic heterocycles. The number of nitrogens with zero attached hydrogens (tertiary/aromatic N) is 1. The van der Waals surface area contributed by atoms with Crippen LogP contribution in [0.25, 0.3) is 0 Å². The number of ether oxygens (including phenoxy) is 4. The molecule has 0 fully saturated rings. The number of hydrogen-bond acceptors (Lipinski definition) is 7. The third kappa shape index (κ3) is 7.63. The second-order valence-corrected chi connectivity index (χ2v) is 11.0. The van der Waals surface area contributed by atoms with Crippen molar-refractivity contribution in [2.75, 3.05) is 18.7 Å². The summed E-state index contributed by atoms with van der Waals surface area (Å²) < 4.78 is 22.9. The fourth-order valence-electron chi connectivity index (χ4n) is 3.98. The highest BCUT2D eigenvalue weighted by Gasteiger charge is 2.28. The molecular formula is C32H44N2O5.